The average molecular weight is 537 g/mol. The number of alkyl halides is 3. The van der Waals surface area contributed by atoms with Crippen molar-refractivity contribution < 1.29 is 17.9 Å². The fraction of sp³-hybridized carbons (Fsp3) is 0.414. The number of ether oxygens (including phenoxy) is 1. The van der Waals surface area contributed by atoms with E-state index in [2.05, 4.69) is 68.1 Å². The number of fused-ring (bicyclic) bond motifs is 4. The van der Waals surface area contributed by atoms with Gasteiger partial charge in [-0.15, -0.1) is 10.2 Å². The summed E-state index contributed by atoms with van der Waals surface area (Å²) >= 11 is 0. The molecule has 4 atom stereocenters. The van der Waals surface area contributed by atoms with Crippen molar-refractivity contribution >= 4 is 11.5 Å². The van der Waals surface area contributed by atoms with Gasteiger partial charge in [-0.2, -0.15) is 13.2 Å². The minimum atomic E-state index is -4.46. The van der Waals surface area contributed by atoms with E-state index in [0.29, 0.717) is 17.9 Å². The van der Waals surface area contributed by atoms with Crippen molar-refractivity contribution in [1.29, 1.82) is 0 Å². The summed E-state index contributed by atoms with van der Waals surface area (Å²) in [5.41, 5.74) is 3.21. The van der Waals surface area contributed by atoms with Crippen molar-refractivity contribution in [3.8, 4) is 5.88 Å². The van der Waals surface area contributed by atoms with E-state index in [1.165, 1.54) is 30.5 Å². The molecule has 0 spiro atoms. The van der Waals surface area contributed by atoms with Crippen LogP contribution in [0, 0.1) is 23.7 Å². The van der Waals surface area contributed by atoms with Gasteiger partial charge in [-0.3, -0.25) is 4.98 Å². The van der Waals surface area contributed by atoms with Crippen LogP contribution in [-0.2, 0) is 19.3 Å². The molecule has 10 heteroatoms. The van der Waals surface area contributed by atoms with Crippen LogP contribution >= 0.6 is 0 Å². The first-order valence-electron chi connectivity index (χ1n) is 13.2. The van der Waals surface area contributed by atoms with E-state index in [1.807, 2.05) is 0 Å². The van der Waals surface area contributed by atoms with E-state index < -0.39 is 11.9 Å². The fourth-order valence-electron chi connectivity index (χ4n) is 6.24. The number of anilines is 2. The lowest BCUT2D eigenvalue weighted by atomic mass is 9.60. The van der Waals surface area contributed by atoms with Crippen LogP contribution in [0.3, 0.4) is 0 Å². The van der Waals surface area contributed by atoms with E-state index >= 15 is 0 Å². The second-order valence-corrected chi connectivity index (χ2v) is 10.8. The average Bonchev–Trinajstić information content (AvgIpc) is 3.50. The molecule has 7 nitrogen and oxygen atoms in total. The van der Waals surface area contributed by atoms with Crippen LogP contribution < -0.4 is 15.0 Å². The largest absolute Gasteiger partial charge is 0.472 e. The van der Waals surface area contributed by atoms with Gasteiger partial charge in [0.05, 0.1) is 0 Å². The Hall–Kier alpha value is -3.82. The van der Waals surface area contributed by atoms with Crippen LogP contribution in [0.25, 0.3) is 0 Å². The topological polar surface area (TPSA) is 66.4 Å². The number of halogens is 3. The summed E-state index contributed by atoms with van der Waals surface area (Å²) in [6.07, 6.45) is -3.31. The summed E-state index contributed by atoms with van der Waals surface area (Å²) in [7, 11) is 0. The minimum absolute atomic E-state index is 0.0473. The maximum Gasteiger partial charge on any atom is 0.433 e. The Morgan fingerprint density at radius 3 is 2.15 bits per heavy atom. The molecule has 1 aromatic carbocycles. The summed E-state index contributed by atoms with van der Waals surface area (Å²) in [4.78, 5) is 8.43. The van der Waals surface area contributed by atoms with Crippen molar-refractivity contribution in [3.05, 3.63) is 83.8 Å². The van der Waals surface area contributed by atoms with Crippen molar-refractivity contribution in [2.75, 3.05) is 36.4 Å². The maximum atomic E-state index is 12.6. The summed E-state index contributed by atoms with van der Waals surface area (Å²) in [6, 6.07) is 14.4. The number of hydrogen-bond donors (Lipinski definition) is 1. The van der Waals surface area contributed by atoms with Crippen molar-refractivity contribution in [1.82, 2.24) is 20.1 Å². The number of allylic oxidation sites excluding steroid dienone is 1. The van der Waals surface area contributed by atoms with E-state index in [9.17, 15) is 13.2 Å². The van der Waals surface area contributed by atoms with Crippen molar-refractivity contribution in [2.45, 2.75) is 26.3 Å². The van der Waals surface area contributed by atoms with Crippen LogP contribution in [-0.4, -0.2) is 46.3 Å². The van der Waals surface area contributed by atoms with Gasteiger partial charge in [-0.05, 0) is 60.4 Å². The van der Waals surface area contributed by atoms with Crippen LogP contribution in [0.1, 0.15) is 23.7 Å². The van der Waals surface area contributed by atoms with Crippen LogP contribution in [0.4, 0.5) is 24.7 Å². The zero-order chi connectivity index (χ0) is 27.1. The van der Waals surface area contributed by atoms with Gasteiger partial charge in [-0.1, -0.05) is 24.8 Å². The lowest BCUT2D eigenvalue weighted by Crippen LogP contribution is -2.44. The van der Waals surface area contributed by atoms with Gasteiger partial charge in [0.1, 0.15) is 18.1 Å². The molecule has 3 fully saturated rings. The number of benzene rings is 1. The number of rotatable bonds is 8. The van der Waals surface area contributed by atoms with Gasteiger partial charge in [-0.25, -0.2) is 0 Å². The number of nitrogens with zero attached hydrogens (tertiary/aromatic N) is 5. The predicted molar refractivity (Wildman–Crippen MR) is 142 cm³/mol. The number of hydrogen-bond acceptors (Lipinski definition) is 7. The number of nitrogens with one attached hydrogen (secondary N) is 1. The molecule has 0 radical (unpaired) electrons. The first-order valence-corrected chi connectivity index (χ1v) is 13.2. The molecule has 1 N–H and O–H groups in total. The lowest BCUT2D eigenvalue weighted by molar-refractivity contribution is -0.141. The van der Waals surface area contributed by atoms with Crippen LogP contribution in [0.2, 0.25) is 0 Å². The molecule has 2 aliphatic heterocycles. The highest BCUT2D eigenvalue weighted by atomic mass is 19.4. The Balaban J connectivity index is 0.961. The molecular weight excluding hydrogens is 505 g/mol. The zero-order valence-electron chi connectivity index (χ0n) is 21.7. The monoisotopic (exact) mass is 536 g/mol. The van der Waals surface area contributed by atoms with Crippen LogP contribution in [0.5, 0.6) is 5.88 Å². The molecule has 0 amide bonds. The molecule has 3 aromatic rings. The Labute approximate surface area is 225 Å². The third-order valence-electron chi connectivity index (χ3n) is 8.38. The normalized spacial score (nSPS) is 23.7. The van der Waals surface area contributed by atoms with E-state index in [4.69, 9.17) is 4.74 Å². The molecule has 2 aromatic heterocycles. The number of pyridine rings is 1. The van der Waals surface area contributed by atoms with Gasteiger partial charge < -0.3 is 19.9 Å². The van der Waals surface area contributed by atoms with Gasteiger partial charge in [0, 0.05) is 61.9 Å². The standard InChI is InChI=1S/C29H31F3N6O/c1-18(2)37-13-22-23(14-37)25-16-38(15-24(22)25)21-6-3-19(4-7-21)11-34-27-9-10-28(36-35-27)39-17-20-5-8-26(33-12-20)29(30,31)32/h3-10,12,22-25H,1,11,13-17H2,2H3,(H,34,35)/t22-,23+,24+,25-. The molecule has 0 bridgehead atoms. The quantitative estimate of drug-likeness (QED) is 0.423. The highest BCUT2D eigenvalue weighted by Gasteiger charge is 2.57. The Morgan fingerprint density at radius 1 is 0.923 bits per heavy atom. The second-order valence-electron chi connectivity index (χ2n) is 10.8. The number of aromatic nitrogens is 3. The smallest absolute Gasteiger partial charge is 0.433 e. The third kappa shape index (κ3) is 5.24. The second kappa shape index (κ2) is 10.1. The molecule has 2 saturated heterocycles. The molecule has 0 unspecified atom stereocenters. The Kier molecular flexibility index (Phi) is 6.56. The summed E-state index contributed by atoms with van der Waals surface area (Å²) in [6.45, 7) is 11.5. The zero-order valence-corrected chi connectivity index (χ0v) is 21.7. The molecule has 4 heterocycles. The molecular formula is C29H31F3N6O. The predicted octanol–water partition coefficient (Wildman–Crippen LogP) is 5.23. The summed E-state index contributed by atoms with van der Waals surface area (Å²) in [5.74, 6) is 4.13. The van der Waals surface area contributed by atoms with Gasteiger partial charge in [0.25, 0.3) is 0 Å². The SMILES string of the molecule is C=C(C)N1C[C@@H]2[C@H](C1)[C@H]1CN(c3ccc(CNc4ccc(OCc5ccc(C(F)(F)F)nc5)nn4)cc3)C[C@@H]21. The maximum absolute atomic E-state index is 12.6. The van der Waals surface area contributed by atoms with Crippen molar-refractivity contribution in [3.63, 3.8) is 0 Å². The van der Waals surface area contributed by atoms with Gasteiger partial charge in [0.15, 0.2) is 0 Å². The lowest BCUT2D eigenvalue weighted by Gasteiger charge is -2.42. The minimum Gasteiger partial charge on any atom is -0.472 e. The third-order valence-corrected chi connectivity index (χ3v) is 8.38. The molecule has 1 aliphatic carbocycles. The highest BCUT2D eigenvalue weighted by Crippen LogP contribution is 2.55. The first kappa shape index (κ1) is 25.5. The highest BCUT2D eigenvalue weighted by molar-refractivity contribution is 5.50. The summed E-state index contributed by atoms with van der Waals surface area (Å²) < 4.78 is 43.4. The van der Waals surface area contributed by atoms with E-state index in [-0.39, 0.29) is 12.5 Å². The van der Waals surface area contributed by atoms with Crippen molar-refractivity contribution in [2.24, 2.45) is 23.7 Å². The summed E-state index contributed by atoms with van der Waals surface area (Å²) in [5, 5.41) is 11.4. The fourth-order valence-corrected chi connectivity index (χ4v) is 6.24. The Bertz CT molecular complexity index is 1290. The Morgan fingerprint density at radius 2 is 1.59 bits per heavy atom. The molecule has 3 aliphatic rings. The molecule has 39 heavy (non-hydrogen) atoms. The molecule has 204 valence electrons. The van der Waals surface area contributed by atoms with E-state index in [0.717, 1.165) is 54.6 Å². The molecule has 1 saturated carbocycles. The van der Waals surface area contributed by atoms with Gasteiger partial charge >= 0.3 is 6.18 Å². The molecule has 6 rings (SSSR count). The van der Waals surface area contributed by atoms with Crippen LogP contribution in [0.15, 0.2) is 67.0 Å². The number of likely N-dealkylation sites (tertiary alicyclic amines) is 1. The first-order chi connectivity index (χ1) is 18.7. The van der Waals surface area contributed by atoms with E-state index in [1.54, 1.807) is 12.1 Å². The van der Waals surface area contributed by atoms with Gasteiger partial charge in [0.2, 0.25) is 5.88 Å².